The van der Waals surface area contributed by atoms with Gasteiger partial charge < -0.3 is 14.9 Å². The van der Waals surface area contributed by atoms with Crippen LogP contribution in [0, 0.1) is 0 Å². The highest BCUT2D eigenvalue weighted by Crippen LogP contribution is 2.24. The lowest BCUT2D eigenvalue weighted by Crippen LogP contribution is -2.54. The van der Waals surface area contributed by atoms with Gasteiger partial charge in [-0.05, 0) is 19.8 Å². The number of rotatable bonds is 3. The van der Waals surface area contributed by atoms with E-state index in [1.54, 1.807) is 0 Å². The largest absolute Gasteiger partial charge is 0.396 e. The third-order valence-corrected chi connectivity index (χ3v) is 3.03. The molecule has 1 N–H and O–H groups in total. The summed E-state index contributed by atoms with van der Waals surface area (Å²) in [5.74, 6) is 0. The molecule has 13 heavy (non-hydrogen) atoms. The molecule has 0 aromatic carbocycles. The number of hydrogen-bond acceptors (Lipinski definition) is 3. The molecule has 3 aliphatic rings. The molecule has 0 amide bonds. The van der Waals surface area contributed by atoms with Crippen molar-refractivity contribution in [2.75, 3.05) is 26.2 Å². The number of aliphatic hydroxyl groups is 1. The smallest absolute Gasteiger partial charge is 0.0464 e. The van der Waals surface area contributed by atoms with E-state index in [0.29, 0.717) is 12.6 Å². The molecule has 1 atom stereocenters. The van der Waals surface area contributed by atoms with Crippen molar-refractivity contribution in [1.82, 2.24) is 9.80 Å². The van der Waals surface area contributed by atoms with Crippen LogP contribution in [0.3, 0.4) is 0 Å². The third-order valence-electron chi connectivity index (χ3n) is 3.03. The fraction of sp³-hybridized carbons (Fsp3) is 0.800. The van der Waals surface area contributed by atoms with Crippen LogP contribution in [0.15, 0.2) is 11.9 Å². The zero-order chi connectivity index (χ0) is 9.26. The molecular weight excluding hydrogens is 164 g/mol. The number of aliphatic hydroxyl groups excluding tert-OH is 1. The van der Waals surface area contributed by atoms with Crippen LogP contribution in [0.4, 0.5) is 0 Å². The summed E-state index contributed by atoms with van der Waals surface area (Å²) in [5, 5.41) is 8.79. The molecule has 0 aliphatic carbocycles. The number of piperazine rings is 1. The monoisotopic (exact) mass is 182 g/mol. The van der Waals surface area contributed by atoms with Crippen LogP contribution < -0.4 is 0 Å². The first-order valence-electron chi connectivity index (χ1n) is 5.11. The molecule has 0 aromatic rings. The SMILES string of the molecule is CC1=CN2CCN1C(CCCO)C2. The minimum absolute atomic E-state index is 0.326. The molecule has 0 radical (unpaired) electrons. The topological polar surface area (TPSA) is 26.7 Å². The number of nitrogens with zero attached hydrogens (tertiary/aromatic N) is 2. The summed E-state index contributed by atoms with van der Waals surface area (Å²) in [4.78, 5) is 4.88. The molecule has 1 saturated heterocycles. The molecule has 0 spiro atoms. The van der Waals surface area contributed by atoms with Gasteiger partial charge in [0.05, 0.1) is 0 Å². The zero-order valence-corrected chi connectivity index (χ0v) is 8.24. The quantitative estimate of drug-likeness (QED) is 0.693. The van der Waals surface area contributed by atoms with E-state index in [9.17, 15) is 0 Å². The summed E-state index contributed by atoms with van der Waals surface area (Å²) < 4.78 is 0. The van der Waals surface area contributed by atoms with Crippen molar-refractivity contribution in [1.29, 1.82) is 0 Å². The molecule has 1 fully saturated rings. The maximum Gasteiger partial charge on any atom is 0.0464 e. The molecule has 74 valence electrons. The van der Waals surface area contributed by atoms with Crippen LogP contribution in [0.25, 0.3) is 0 Å². The maximum atomic E-state index is 8.79. The van der Waals surface area contributed by atoms with Gasteiger partial charge in [-0.15, -0.1) is 0 Å². The third kappa shape index (κ3) is 1.66. The van der Waals surface area contributed by atoms with Crippen molar-refractivity contribution in [3.05, 3.63) is 11.9 Å². The second kappa shape index (κ2) is 3.58. The van der Waals surface area contributed by atoms with Crippen LogP contribution in [0.1, 0.15) is 19.8 Å². The average molecular weight is 182 g/mol. The van der Waals surface area contributed by atoms with Crippen molar-refractivity contribution in [3.8, 4) is 0 Å². The molecule has 3 rings (SSSR count). The van der Waals surface area contributed by atoms with E-state index >= 15 is 0 Å². The highest BCUT2D eigenvalue weighted by Gasteiger charge is 2.29. The van der Waals surface area contributed by atoms with Crippen molar-refractivity contribution in [3.63, 3.8) is 0 Å². The maximum absolute atomic E-state index is 8.79. The molecule has 0 aromatic heterocycles. The minimum atomic E-state index is 0.326. The van der Waals surface area contributed by atoms with Gasteiger partial charge in [0.25, 0.3) is 0 Å². The number of hydrogen-bond donors (Lipinski definition) is 1. The molecule has 1 unspecified atom stereocenters. The van der Waals surface area contributed by atoms with Crippen molar-refractivity contribution in [2.24, 2.45) is 0 Å². The lowest BCUT2D eigenvalue weighted by atomic mass is 10.0. The van der Waals surface area contributed by atoms with Crippen LogP contribution in [-0.2, 0) is 0 Å². The summed E-state index contributed by atoms with van der Waals surface area (Å²) in [6.07, 6.45) is 4.30. The number of fused-ring (bicyclic) bond motifs is 2. The minimum Gasteiger partial charge on any atom is -0.396 e. The first kappa shape index (κ1) is 8.88. The molecule has 3 nitrogen and oxygen atoms in total. The Hall–Kier alpha value is -0.700. The predicted molar refractivity (Wildman–Crippen MR) is 52.1 cm³/mol. The molecule has 0 saturated carbocycles. The Morgan fingerprint density at radius 3 is 3.00 bits per heavy atom. The predicted octanol–water partition coefficient (Wildman–Crippen LogP) is 0.620. The lowest BCUT2D eigenvalue weighted by molar-refractivity contribution is 0.0909. The van der Waals surface area contributed by atoms with E-state index in [1.807, 2.05) is 0 Å². The summed E-state index contributed by atoms with van der Waals surface area (Å²) in [6, 6.07) is 0.644. The highest BCUT2D eigenvalue weighted by molar-refractivity contribution is 5.09. The first-order valence-corrected chi connectivity index (χ1v) is 5.11. The van der Waals surface area contributed by atoms with Gasteiger partial charge in [-0.1, -0.05) is 0 Å². The van der Waals surface area contributed by atoms with Crippen LogP contribution in [0.5, 0.6) is 0 Å². The zero-order valence-electron chi connectivity index (χ0n) is 8.24. The van der Waals surface area contributed by atoms with Gasteiger partial charge in [0, 0.05) is 44.2 Å². The summed E-state index contributed by atoms with van der Waals surface area (Å²) >= 11 is 0. The van der Waals surface area contributed by atoms with Gasteiger partial charge >= 0.3 is 0 Å². The normalized spacial score (nSPS) is 26.6. The van der Waals surface area contributed by atoms with Crippen LogP contribution >= 0.6 is 0 Å². The molecule has 3 heteroatoms. The second-order valence-corrected chi connectivity index (χ2v) is 3.98. The van der Waals surface area contributed by atoms with Gasteiger partial charge in [0.1, 0.15) is 0 Å². The summed E-state index contributed by atoms with van der Waals surface area (Å²) in [5.41, 5.74) is 1.39. The van der Waals surface area contributed by atoms with Gasteiger partial charge in [0.15, 0.2) is 0 Å². The van der Waals surface area contributed by atoms with Gasteiger partial charge in [-0.3, -0.25) is 0 Å². The van der Waals surface area contributed by atoms with Crippen LogP contribution in [0.2, 0.25) is 0 Å². The Morgan fingerprint density at radius 2 is 2.38 bits per heavy atom. The standard InChI is InChI=1S/C10H18N2O/c1-9-7-11-4-5-12(9)10(8-11)3-2-6-13/h7,10,13H,2-6,8H2,1H3. The summed E-state index contributed by atoms with van der Waals surface area (Å²) in [7, 11) is 0. The molecular formula is C10H18N2O. The van der Waals surface area contributed by atoms with Crippen molar-refractivity contribution in [2.45, 2.75) is 25.8 Å². The molecule has 2 bridgehead atoms. The van der Waals surface area contributed by atoms with Gasteiger partial charge in [0.2, 0.25) is 0 Å². The Kier molecular flexibility index (Phi) is 2.44. The Balaban J connectivity index is 1.97. The fourth-order valence-electron chi connectivity index (χ4n) is 2.37. The Bertz CT molecular complexity index is 215. The van der Waals surface area contributed by atoms with Crippen molar-refractivity contribution >= 4 is 0 Å². The second-order valence-electron chi connectivity index (χ2n) is 3.98. The number of allylic oxidation sites excluding steroid dienone is 1. The van der Waals surface area contributed by atoms with Crippen molar-refractivity contribution < 1.29 is 5.11 Å². The lowest BCUT2D eigenvalue weighted by Gasteiger charge is -2.48. The van der Waals surface area contributed by atoms with E-state index in [0.717, 1.165) is 19.4 Å². The van der Waals surface area contributed by atoms with E-state index in [1.165, 1.54) is 18.8 Å². The van der Waals surface area contributed by atoms with Crippen LogP contribution in [-0.4, -0.2) is 47.2 Å². The van der Waals surface area contributed by atoms with E-state index in [-0.39, 0.29) is 0 Å². The molecule has 3 heterocycles. The Morgan fingerprint density at radius 1 is 1.54 bits per heavy atom. The van der Waals surface area contributed by atoms with E-state index in [2.05, 4.69) is 22.9 Å². The van der Waals surface area contributed by atoms with Gasteiger partial charge in [-0.25, -0.2) is 0 Å². The Labute approximate surface area is 79.6 Å². The summed E-state index contributed by atoms with van der Waals surface area (Å²) in [6.45, 7) is 5.99. The fourth-order valence-corrected chi connectivity index (χ4v) is 2.37. The molecule has 3 aliphatic heterocycles. The van der Waals surface area contributed by atoms with E-state index in [4.69, 9.17) is 5.11 Å². The van der Waals surface area contributed by atoms with E-state index < -0.39 is 0 Å². The highest BCUT2D eigenvalue weighted by atomic mass is 16.2. The van der Waals surface area contributed by atoms with Gasteiger partial charge in [-0.2, -0.15) is 0 Å². The average Bonchev–Trinajstić information content (AvgIpc) is 2.15. The first-order chi connectivity index (χ1) is 6.31.